The summed E-state index contributed by atoms with van der Waals surface area (Å²) in [5.74, 6) is 1.78. The van der Waals surface area contributed by atoms with E-state index in [-0.39, 0.29) is 0 Å². The maximum atomic E-state index is 4.43. The molecule has 0 aromatic carbocycles. The Bertz CT molecular complexity index is 349. The molecular formula is C15H27N3. The third-order valence-corrected chi connectivity index (χ3v) is 3.45. The zero-order chi connectivity index (χ0) is 13.5. The molecule has 102 valence electrons. The van der Waals surface area contributed by atoms with Crippen LogP contribution in [-0.4, -0.2) is 25.1 Å². The summed E-state index contributed by atoms with van der Waals surface area (Å²) in [6.45, 7) is 6.82. The first-order valence-corrected chi connectivity index (χ1v) is 6.97. The molecule has 0 aliphatic heterocycles. The number of anilines is 2. The summed E-state index contributed by atoms with van der Waals surface area (Å²) in [7, 11) is 4.06. The maximum Gasteiger partial charge on any atom is 0.151 e. The number of pyridine rings is 1. The minimum Gasteiger partial charge on any atom is -0.379 e. The van der Waals surface area contributed by atoms with Gasteiger partial charge in [0, 0.05) is 26.3 Å². The number of aromatic nitrogens is 1. The number of rotatable bonds is 7. The van der Waals surface area contributed by atoms with E-state index < -0.39 is 0 Å². The molecule has 0 aliphatic rings. The van der Waals surface area contributed by atoms with E-state index in [4.69, 9.17) is 0 Å². The van der Waals surface area contributed by atoms with Gasteiger partial charge in [-0.1, -0.05) is 27.2 Å². The largest absolute Gasteiger partial charge is 0.379 e. The normalized spacial score (nSPS) is 14.1. The van der Waals surface area contributed by atoms with Crippen LogP contribution in [0.4, 0.5) is 11.5 Å². The Balaban J connectivity index is 2.75. The molecule has 1 aromatic heterocycles. The molecule has 0 aliphatic carbocycles. The second-order valence-corrected chi connectivity index (χ2v) is 5.27. The van der Waals surface area contributed by atoms with Gasteiger partial charge in [0.25, 0.3) is 0 Å². The summed E-state index contributed by atoms with van der Waals surface area (Å²) in [6.07, 6.45) is 5.45. The predicted molar refractivity (Wildman–Crippen MR) is 80.3 cm³/mol. The average Bonchev–Trinajstić information content (AvgIpc) is 2.38. The van der Waals surface area contributed by atoms with Gasteiger partial charge in [0.05, 0.1) is 5.69 Å². The molecule has 18 heavy (non-hydrogen) atoms. The quantitative estimate of drug-likeness (QED) is 0.797. The Morgan fingerprint density at radius 1 is 1.28 bits per heavy atom. The van der Waals surface area contributed by atoms with E-state index in [1.807, 2.05) is 26.4 Å². The molecule has 0 saturated carbocycles. The van der Waals surface area contributed by atoms with Crippen LogP contribution in [0.3, 0.4) is 0 Å². The molecule has 1 rings (SSSR count). The third-order valence-electron chi connectivity index (χ3n) is 3.45. The van der Waals surface area contributed by atoms with Gasteiger partial charge in [-0.3, -0.25) is 0 Å². The van der Waals surface area contributed by atoms with Crippen LogP contribution in [-0.2, 0) is 0 Å². The van der Waals surface area contributed by atoms with Gasteiger partial charge in [-0.15, -0.1) is 0 Å². The summed E-state index contributed by atoms with van der Waals surface area (Å²) >= 11 is 0. The van der Waals surface area contributed by atoms with Crippen molar-refractivity contribution in [2.45, 2.75) is 46.1 Å². The molecule has 0 fully saturated rings. The molecule has 3 nitrogen and oxygen atoms in total. The Labute approximate surface area is 112 Å². The Kier molecular flexibility index (Phi) is 5.96. The molecule has 2 atom stereocenters. The van der Waals surface area contributed by atoms with Gasteiger partial charge in [0.1, 0.15) is 0 Å². The van der Waals surface area contributed by atoms with Crippen molar-refractivity contribution in [3.8, 4) is 0 Å². The van der Waals surface area contributed by atoms with Crippen LogP contribution in [0.5, 0.6) is 0 Å². The van der Waals surface area contributed by atoms with E-state index in [1.165, 1.54) is 12.8 Å². The third kappa shape index (κ3) is 4.21. The number of hydrogen-bond donors (Lipinski definition) is 1. The topological polar surface area (TPSA) is 28.2 Å². The lowest BCUT2D eigenvalue weighted by atomic mass is 9.97. The highest BCUT2D eigenvalue weighted by molar-refractivity contribution is 5.65. The van der Waals surface area contributed by atoms with Crippen LogP contribution < -0.4 is 10.2 Å². The highest BCUT2D eigenvalue weighted by atomic mass is 15.2. The standard InChI is InChI=1S/C15H27N3/c1-6-12(3)11-13(7-2)17-14-9-8-10-16-15(14)18(4)5/h8-10,12-13,17H,6-7,11H2,1-5H3. The van der Waals surface area contributed by atoms with Gasteiger partial charge in [0.2, 0.25) is 0 Å². The first-order chi connectivity index (χ1) is 8.58. The molecule has 1 heterocycles. The number of nitrogens with zero attached hydrogens (tertiary/aromatic N) is 2. The summed E-state index contributed by atoms with van der Waals surface area (Å²) < 4.78 is 0. The van der Waals surface area contributed by atoms with E-state index in [9.17, 15) is 0 Å². The van der Waals surface area contributed by atoms with Crippen LogP contribution in [0.1, 0.15) is 40.0 Å². The number of hydrogen-bond acceptors (Lipinski definition) is 3. The van der Waals surface area contributed by atoms with Crippen molar-refractivity contribution in [1.82, 2.24) is 4.98 Å². The van der Waals surface area contributed by atoms with Crippen LogP contribution in [0, 0.1) is 5.92 Å². The second kappa shape index (κ2) is 7.24. The summed E-state index contributed by atoms with van der Waals surface area (Å²) in [4.78, 5) is 6.48. The lowest BCUT2D eigenvalue weighted by Crippen LogP contribution is -2.23. The van der Waals surface area contributed by atoms with E-state index in [1.54, 1.807) is 0 Å². The Morgan fingerprint density at radius 2 is 2.00 bits per heavy atom. The minimum atomic E-state index is 0.530. The SMILES string of the molecule is CCC(C)CC(CC)Nc1cccnc1N(C)C. The fraction of sp³-hybridized carbons (Fsp3) is 0.667. The second-order valence-electron chi connectivity index (χ2n) is 5.27. The summed E-state index contributed by atoms with van der Waals surface area (Å²) in [5.41, 5.74) is 1.14. The molecule has 3 heteroatoms. The number of nitrogens with one attached hydrogen (secondary N) is 1. The van der Waals surface area contributed by atoms with Crippen molar-refractivity contribution in [2.75, 3.05) is 24.3 Å². The van der Waals surface area contributed by atoms with Gasteiger partial charge in [-0.05, 0) is 30.9 Å². The van der Waals surface area contributed by atoms with Crippen molar-refractivity contribution in [3.63, 3.8) is 0 Å². The molecule has 1 N–H and O–H groups in total. The molecule has 0 radical (unpaired) electrons. The van der Waals surface area contributed by atoms with E-state index in [0.29, 0.717) is 6.04 Å². The van der Waals surface area contributed by atoms with E-state index in [2.05, 4.69) is 42.0 Å². The van der Waals surface area contributed by atoms with Crippen molar-refractivity contribution >= 4 is 11.5 Å². The Hall–Kier alpha value is -1.25. The van der Waals surface area contributed by atoms with Crippen molar-refractivity contribution < 1.29 is 0 Å². The lowest BCUT2D eigenvalue weighted by molar-refractivity contribution is 0.462. The first-order valence-electron chi connectivity index (χ1n) is 6.97. The van der Waals surface area contributed by atoms with E-state index in [0.717, 1.165) is 23.8 Å². The monoisotopic (exact) mass is 249 g/mol. The average molecular weight is 249 g/mol. The molecule has 0 spiro atoms. The smallest absolute Gasteiger partial charge is 0.151 e. The van der Waals surface area contributed by atoms with Gasteiger partial charge < -0.3 is 10.2 Å². The van der Waals surface area contributed by atoms with Gasteiger partial charge >= 0.3 is 0 Å². The molecule has 0 bridgehead atoms. The maximum absolute atomic E-state index is 4.43. The van der Waals surface area contributed by atoms with Crippen LogP contribution in [0.2, 0.25) is 0 Å². The highest BCUT2D eigenvalue weighted by Crippen LogP contribution is 2.24. The Morgan fingerprint density at radius 3 is 2.56 bits per heavy atom. The first kappa shape index (κ1) is 14.8. The fourth-order valence-electron chi connectivity index (χ4n) is 2.07. The highest BCUT2D eigenvalue weighted by Gasteiger charge is 2.13. The van der Waals surface area contributed by atoms with Gasteiger partial charge in [0.15, 0.2) is 5.82 Å². The molecule has 0 amide bonds. The lowest BCUT2D eigenvalue weighted by Gasteiger charge is -2.24. The van der Waals surface area contributed by atoms with Crippen LogP contribution in [0.15, 0.2) is 18.3 Å². The minimum absolute atomic E-state index is 0.530. The van der Waals surface area contributed by atoms with Crippen LogP contribution >= 0.6 is 0 Å². The van der Waals surface area contributed by atoms with Crippen molar-refractivity contribution in [2.24, 2.45) is 5.92 Å². The summed E-state index contributed by atoms with van der Waals surface area (Å²) in [5, 5.41) is 3.64. The van der Waals surface area contributed by atoms with E-state index >= 15 is 0 Å². The van der Waals surface area contributed by atoms with Gasteiger partial charge in [-0.2, -0.15) is 0 Å². The zero-order valence-electron chi connectivity index (χ0n) is 12.4. The summed E-state index contributed by atoms with van der Waals surface area (Å²) in [6, 6.07) is 4.63. The van der Waals surface area contributed by atoms with Crippen molar-refractivity contribution in [3.05, 3.63) is 18.3 Å². The molecular weight excluding hydrogens is 222 g/mol. The van der Waals surface area contributed by atoms with Gasteiger partial charge in [-0.25, -0.2) is 4.98 Å². The predicted octanol–water partition coefficient (Wildman–Crippen LogP) is 3.77. The molecule has 1 aromatic rings. The van der Waals surface area contributed by atoms with Crippen LogP contribution in [0.25, 0.3) is 0 Å². The van der Waals surface area contributed by atoms with Crippen molar-refractivity contribution in [1.29, 1.82) is 0 Å². The zero-order valence-corrected chi connectivity index (χ0v) is 12.4. The molecule has 0 saturated heterocycles. The molecule has 2 unspecified atom stereocenters. The fourth-order valence-corrected chi connectivity index (χ4v) is 2.07.